The molecule has 2 aromatic carbocycles. The Morgan fingerprint density at radius 3 is 2.44 bits per heavy atom. The number of halogens is 1. The number of hydrogen-bond acceptors (Lipinski definition) is 5. The molecule has 1 aliphatic heterocycles. The van der Waals surface area contributed by atoms with E-state index in [1.54, 1.807) is 0 Å². The molecule has 6 heteroatoms. The van der Waals surface area contributed by atoms with Crippen LogP contribution in [0.3, 0.4) is 0 Å². The van der Waals surface area contributed by atoms with Gasteiger partial charge < -0.3 is 15.5 Å². The summed E-state index contributed by atoms with van der Waals surface area (Å²) in [4.78, 5) is 13.3. The Morgan fingerprint density at radius 2 is 1.70 bits per heavy atom. The van der Waals surface area contributed by atoms with Crippen molar-refractivity contribution in [2.75, 3.05) is 43.9 Å². The number of nitrogen functional groups attached to an aromatic ring is 1. The van der Waals surface area contributed by atoms with Crippen molar-refractivity contribution in [3.63, 3.8) is 0 Å². The summed E-state index contributed by atoms with van der Waals surface area (Å²) in [5.74, 6) is 0. The van der Waals surface area contributed by atoms with Gasteiger partial charge in [-0.2, -0.15) is 0 Å². The van der Waals surface area contributed by atoms with Gasteiger partial charge in [-0.25, -0.2) is 9.97 Å². The summed E-state index contributed by atoms with van der Waals surface area (Å²) >= 11 is 6.14. The summed E-state index contributed by atoms with van der Waals surface area (Å²) in [7, 11) is 2.16. The molecular weight excluding hydrogens is 358 g/mol. The summed E-state index contributed by atoms with van der Waals surface area (Å²) in [6, 6.07) is 16.2. The van der Waals surface area contributed by atoms with Crippen LogP contribution in [-0.4, -0.2) is 48.1 Å². The van der Waals surface area contributed by atoms with Gasteiger partial charge in [-0.05, 0) is 42.4 Å². The van der Waals surface area contributed by atoms with E-state index in [0.29, 0.717) is 5.15 Å². The van der Waals surface area contributed by atoms with Gasteiger partial charge in [0, 0.05) is 49.2 Å². The normalized spacial score (nSPS) is 15.1. The predicted molar refractivity (Wildman–Crippen MR) is 112 cm³/mol. The molecule has 1 saturated heterocycles. The van der Waals surface area contributed by atoms with Gasteiger partial charge in [-0.15, -0.1) is 0 Å². The van der Waals surface area contributed by atoms with Crippen LogP contribution < -0.4 is 10.6 Å². The molecule has 0 aliphatic carbocycles. The fourth-order valence-corrected chi connectivity index (χ4v) is 3.59. The molecule has 27 heavy (non-hydrogen) atoms. The summed E-state index contributed by atoms with van der Waals surface area (Å²) in [6.45, 7) is 4.06. The topological polar surface area (TPSA) is 58.3 Å². The van der Waals surface area contributed by atoms with Gasteiger partial charge in [0.1, 0.15) is 11.5 Å². The molecule has 2 heterocycles. The second kappa shape index (κ2) is 7.55. The zero-order valence-electron chi connectivity index (χ0n) is 15.3. The van der Waals surface area contributed by atoms with Crippen LogP contribution in [0.2, 0.25) is 5.15 Å². The number of nitrogens with two attached hydrogens (primary N) is 1. The van der Waals surface area contributed by atoms with Crippen LogP contribution in [0.15, 0.2) is 54.9 Å². The molecule has 0 radical (unpaired) electrons. The SMILES string of the molecule is CN1CCN(c2ccc(-c3cccc(N)c3)cc2-c2cc(Cl)ncn2)CC1. The van der Waals surface area contributed by atoms with Crippen molar-refractivity contribution in [2.45, 2.75) is 0 Å². The molecule has 0 spiro atoms. The van der Waals surface area contributed by atoms with E-state index in [9.17, 15) is 0 Å². The first-order valence-corrected chi connectivity index (χ1v) is 9.39. The third kappa shape index (κ3) is 3.89. The molecule has 138 valence electrons. The third-order valence-electron chi connectivity index (χ3n) is 4.97. The van der Waals surface area contributed by atoms with E-state index < -0.39 is 0 Å². The van der Waals surface area contributed by atoms with Gasteiger partial charge in [0.2, 0.25) is 0 Å². The Morgan fingerprint density at radius 1 is 0.926 bits per heavy atom. The molecule has 0 saturated carbocycles. The first kappa shape index (κ1) is 17.8. The molecule has 0 unspecified atom stereocenters. The minimum Gasteiger partial charge on any atom is -0.399 e. The van der Waals surface area contributed by atoms with E-state index in [-0.39, 0.29) is 0 Å². The minimum atomic E-state index is 0.443. The monoisotopic (exact) mass is 379 g/mol. The van der Waals surface area contributed by atoms with Crippen LogP contribution in [0.4, 0.5) is 11.4 Å². The molecule has 1 aromatic heterocycles. The van der Waals surface area contributed by atoms with Crippen molar-refractivity contribution in [1.29, 1.82) is 0 Å². The highest BCUT2D eigenvalue weighted by atomic mass is 35.5. The maximum absolute atomic E-state index is 6.14. The van der Waals surface area contributed by atoms with Crippen LogP contribution >= 0.6 is 11.6 Å². The Bertz CT molecular complexity index is 951. The van der Waals surface area contributed by atoms with Crippen molar-refractivity contribution < 1.29 is 0 Å². The van der Waals surface area contributed by atoms with Crippen molar-refractivity contribution in [3.8, 4) is 22.4 Å². The quantitative estimate of drug-likeness (QED) is 0.554. The summed E-state index contributed by atoms with van der Waals surface area (Å²) < 4.78 is 0. The molecular formula is C21H22ClN5. The minimum absolute atomic E-state index is 0.443. The summed E-state index contributed by atoms with van der Waals surface area (Å²) in [5.41, 5.74) is 12.0. The number of rotatable bonds is 3. The zero-order chi connectivity index (χ0) is 18.8. The Kier molecular flexibility index (Phi) is 4.97. The van der Waals surface area contributed by atoms with Crippen LogP contribution in [0.5, 0.6) is 0 Å². The van der Waals surface area contributed by atoms with Gasteiger partial charge in [0.05, 0.1) is 5.69 Å². The van der Waals surface area contributed by atoms with Gasteiger partial charge >= 0.3 is 0 Å². The average molecular weight is 380 g/mol. The fourth-order valence-electron chi connectivity index (χ4n) is 3.44. The molecule has 2 N–H and O–H groups in total. The van der Waals surface area contributed by atoms with Gasteiger partial charge in [0.25, 0.3) is 0 Å². The van der Waals surface area contributed by atoms with E-state index in [4.69, 9.17) is 17.3 Å². The van der Waals surface area contributed by atoms with Crippen molar-refractivity contribution >= 4 is 23.0 Å². The maximum atomic E-state index is 6.14. The largest absolute Gasteiger partial charge is 0.399 e. The van der Waals surface area contributed by atoms with Crippen molar-refractivity contribution in [3.05, 3.63) is 60.0 Å². The second-order valence-corrected chi connectivity index (χ2v) is 7.26. The lowest BCUT2D eigenvalue weighted by atomic mass is 9.98. The van der Waals surface area contributed by atoms with E-state index >= 15 is 0 Å². The predicted octanol–water partition coefficient (Wildman–Crippen LogP) is 3.80. The number of hydrogen-bond donors (Lipinski definition) is 1. The Balaban J connectivity index is 1.81. The van der Waals surface area contributed by atoms with Crippen LogP contribution in [0, 0.1) is 0 Å². The highest BCUT2D eigenvalue weighted by molar-refractivity contribution is 6.29. The number of piperazine rings is 1. The first-order valence-electron chi connectivity index (χ1n) is 9.01. The lowest BCUT2D eigenvalue weighted by Gasteiger charge is -2.35. The third-order valence-corrected chi connectivity index (χ3v) is 5.18. The highest BCUT2D eigenvalue weighted by Gasteiger charge is 2.19. The van der Waals surface area contributed by atoms with E-state index in [0.717, 1.165) is 54.3 Å². The molecule has 5 nitrogen and oxygen atoms in total. The second-order valence-electron chi connectivity index (χ2n) is 6.87. The van der Waals surface area contributed by atoms with E-state index in [1.807, 2.05) is 24.3 Å². The molecule has 4 rings (SSSR count). The molecule has 0 amide bonds. The van der Waals surface area contributed by atoms with E-state index in [2.05, 4.69) is 51.1 Å². The zero-order valence-corrected chi connectivity index (χ0v) is 16.0. The number of aromatic nitrogens is 2. The molecule has 1 fully saturated rings. The lowest BCUT2D eigenvalue weighted by molar-refractivity contribution is 0.313. The molecule has 1 aliphatic rings. The highest BCUT2D eigenvalue weighted by Crippen LogP contribution is 2.35. The number of benzene rings is 2. The fraction of sp³-hybridized carbons (Fsp3) is 0.238. The van der Waals surface area contributed by atoms with Crippen LogP contribution in [0.25, 0.3) is 22.4 Å². The van der Waals surface area contributed by atoms with Crippen molar-refractivity contribution in [1.82, 2.24) is 14.9 Å². The lowest BCUT2D eigenvalue weighted by Crippen LogP contribution is -2.44. The van der Waals surface area contributed by atoms with Gasteiger partial charge in [-0.1, -0.05) is 29.8 Å². The Hall–Kier alpha value is -2.63. The number of anilines is 2. The molecule has 0 bridgehead atoms. The van der Waals surface area contributed by atoms with Gasteiger partial charge in [-0.3, -0.25) is 0 Å². The molecule has 3 aromatic rings. The van der Waals surface area contributed by atoms with Crippen molar-refractivity contribution in [2.24, 2.45) is 0 Å². The summed E-state index contributed by atoms with van der Waals surface area (Å²) in [6.07, 6.45) is 1.51. The number of nitrogens with zero attached hydrogens (tertiary/aromatic N) is 4. The van der Waals surface area contributed by atoms with Crippen LogP contribution in [0.1, 0.15) is 0 Å². The summed E-state index contributed by atoms with van der Waals surface area (Å²) in [5, 5.41) is 0.443. The molecule has 0 atom stereocenters. The first-order chi connectivity index (χ1) is 13.1. The van der Waals surface area contributed by atoms with Crippen LogP contribution in [-0.2, 0) is 0 Å². The Labute approximate surface area is 164 Å². The maximum Gasteiger partial charge on any atom is 0.133 e. The van der Waals surface area contributed by atoms with E-state index in [1.165, 1.54) is 12.0 Å². The standard InChI is InChI=1S/C21H22ClN5/c1-26-7-9-27(10-8-26)20-6-5-16(15-3-2-4-17(23)11-15)12-18(20)19-13-21(22)25-14-24-19/h2-6,11-14H,7-10,23H2,1H3. The smallest absolute Gasteiger partial charge is 0.133 e. The number of likely N-dealkylation sites (N-methyl/N-ethyl adjacent to an activating group) is 1. The average Bonchev–Trinajstić information content (AvgIpc) is 2.68. The van der Waals surface area contributed by atoms with Gasteiger partial charge in [0.15, 0.2) is 0 Å².